The molecular weight excluding hydrogens is 371 g/mol. The SMILES string of the molecule is CC(C)n1cc(-c2ccnc(NCCC#N)n2)c(-c2cnc3[nH]cc(F)c3c2)n1. The molecule has 4 rings (SSSR count). The Balaban J connectivity index is 1.80. The minimum Gasteiger partial charge on any atom is -0.353 e. The van der Waals surface area contributed by atoms with Crippen molar-refractivity contribution in [1.82, 2.24) is 29.7 Å². The van der Waals surface area contributed by atoms with Crippen LogP contribution in [-0.4, -0.2) is 36.3 Å². The predicted octanol–water partition coefficient (Wildman–Crippen LogP) is 3.93. The first kappa shape index (κ1) is 18.6. The van der Waals surface area contributed by atoms with Crippen LogP contribution in [0, 0.1) is 17.1 Å². The van der Waals surface area contributed by atoms with Crippen molar-refractivity contribution in [3.05, 3.63) is 42.7 Å². The summed E-state index contributed by atoms with van der Waals surface area (Å²) in [5.74, 6) is 0.0801. The van der Waals surface area contributed by atoms with Crippen LogP contribution in [0.4, 0.5) is 10.3 Å². The van der Waals surface area contributed by atoms with Gasteiger partial charge in [0.2, 0.25) is 5.95 Å². The van der Waals surface area contributed by atoms with E-state index in [2.05, 4.69) is 31.3 Å². The summed E-state index contributed by atoms with van der Waals surface area (Å²) in [4.78, 5) is 15.9. The highest BCUT2D eigenvalue weighted by atomic mass is 19.1. The lowest BCUT2D eigenvalue weighted by Crippen LogP contribution is -2.04. The van der Waals surface area contributed by atoms with Crippen molar-refractivity contribution in [2.45, 2.75) is 26.3 Å². The van der Waals surface area contributed by atoms with E-state index in [9.17, 15) is 4.39 Å². The lowest BCUT2D eigenvalue weighted by molar-refractivity contribution is 0.534. The molecule has 0 saturated heterocycles. The van der Waals surface area contributed by atoms with E-state index in [0.29, 0.717) is 46.9 Å². The maximum Gasteiger partial charge on any atom is 0.223 e. The predicted molar refractivity (Wildman–Crippen MR) is 107 cm³/mol. The Morgan fingerprint density at radius 2 is 2.21 bits per heavy atom. The lowest BCUT2D eigenvalue weighted by atomic mass is 10.1. The van der Waals surface area contributed by atoms with Gasteiger partial charge in [-0.05, 0) is 26.0 Å². The smallest absolute Gasteiger partial charge is 0.223 e. The van der Waals surface area contributed by atoms with Gasteiger partial charge in [0.25, 0.3) is 0 Å². The molecule has 0 aliphatic heterocycles. The molecule has 0 aliphatic rings. The van der Waals surface area contributed by atoms with Gasteiger partial charge in [0.15, 0.2) is 0 Å². The summed E-state index contributed by atoms with van der Waals surface area (Å²) in [6.45, 7) is 4.52. The Labute approximate surface area is 166 Å². The number of pyridine rings is 1. The summed E-state index contributed by atoms with van der Waals surface area (Å²) >= 11 is 0. The van der Waals surface area contributed by atoms with Crippen molar-refractivity contribution < 1.29 is 4.39 Å². The monoisotopic (exact) mass is 390 g/mol. The molecule has 0 saturated carbocycles. The Bertz CT molecular complexity index is 1200. The third-order valence-electron chi connectivity index (χ3n) is 4.47. The van der Waals surface area contributed by atoms with Gasteiger partial charge in [-0.15, -0.1) is 0 Å². The van der Waals surface area contributed by atoms with Gasteiger partial charge >= 0.3 is 0 Å². The zero-order chi connectivity index (χ0) is 20.4. The van der Waals surface area contributed by atoms with E-state index in [4.69, 9.17) is 10.4 Å². The molecule has 0 amide bonds. The zero-order valence-electron chi connectivity index (χ0n) is 16.0. The number of nitrogens with zero attached hydrogens (tertiary/aromatic N) is 6. The van der Waals surface area contributed by atoms with E-state index in [1.165, 1.54) is 6.20 Å². The van der Waals surface area contributed by atoms with E-state index >= 15 is 0 Å². The van der Waals surface area contributed by atoms with Crippen molar-refractivity contribution in [2.24, 2.45) is 0 Å². The fourth-order valence-corrected chi connectivity index (χ4v) is 2.98. The second-order valence-corrected chi connectivity index (χ2v) is 6.82. The summed E-state index contributed by atoms with van der Waals surface area (Å²) in [6.07, 6.45) is 6.89. The van der Waals surface area contributed by atoms with E-state index in [0.717, 1.165) is 5.56 Å². The normalized spacial score (nSPS) is 11.1. The number of aromatic nitrogens is 6. The molecule has 2 N–H and O–H groups in total. The van der Waals surface area contributed by atoms with Crippen molar-refractivity contribution in [1.29, 1.82) is 5.26 Å². The fraction of sp³-hybridized carbons (Fsp3) is 0.250. The van der Waals surface area contributed by atoms with Crippen LogP contribution in [0.1, 0.15) is 26.3 Å². The summed E-state index contributed by atoms with van der Waals surface area (Å²) in [5, 5.41) is 16.8. The first-order valence-corrected chi connectivity index (χ1v) is 9.23. The molecule has 0 aliphatic carbocycles. The molecule has 29 heavy (non-hydrogen) atoms. The fourth-order valence-electron chi connectivity index (χ4n) is 2.98. The Kier molecular flexibility index (Phi) is 4.91. The maximum absolute atomic E-state index is 14.1. The highest BCUT2D eigenvalue weighted by Gasteiger charge is 2.18. The van der Waals surface area contributed by atoms with Gasteiger partial charge in [0, 0.05) is 48.5 Å². The molecular formula is C20H19FN8. The molecule has 0 fully saturated rings. The molecule has 146 valence electrons. The number of hydrogen-bond donors (Lipinski definition) is 2. The quantitative estimate of drug-likeness (QED) is 0.483. The average molecular weight is 390 g/mol. The van der Waals surface area contributed by atoms with Crippen LogP contribution in [-0.2, 0) is 0 Å². The minimum atomic E-state index is -0.356. The number of halogens is 1. The third-order valence-corrected chi connectivity index (χ3v) is 4.47. The van der Waals surface area contributed by atoms with Gasteiger partial charge in [0.1, 0.15) is 17.2 Å². The van der Waals surface area contributed by atoms with Crippen molar-refractivity contribution in [2.75, 3.05) is 11.9 Å². The topological polar surface area (TPSA) is 108 Å². The van der Waals surface area contributed by atoms with Crippen LogP contribution in [0.15, 0.2) is 36.9 Å². The molecule has 0 atom stereocenters. The molecule has 0 spiro atoms. The molecule has 0 radical (unpaired) electrons. The number of anilines is 1. The molecule has 0 aromatic carbocycles. The third kappa shape index (κ3) is 3.65. The van der Waals surface area contributed by atoms with Crippen LogP contribution < -0.4 is 5.32 Å². The van der Waals surface area contributed by atoms with Crippen molar-refractivity contribution >= 4 is 17.0 Å². The lowest BCUT2D eigenvalue weighted by Gasteiger charge is -2.05. The minimum absolute atomic E-state index is 0.137. The maximum atomic E-state index is 14.1. The van der Waals surface area contributed by atoms with Crippen molar-refractivity contribution in [3.63, 3.8) is 0 Å². The van der Waals surface area contributed by atoms with E-state index in [-0.39, 0.29) is 11.9 Å². The van der Waals surface area contributed by atoms with Crippen LogP contribution in [0.5, 0.6) is 0 Å². The molecule has 9 heteroatoms. The largest absolute Gasteiger partial charge is 0.353 e. The molecule has 4 aromatic rings. The van der Waals surface area contributed by atoms with Gasteiger partial charge in [-0.25, -0.2) is 19.3 Å². The molecule has 0 unspecified atom stereocenters. The highest BCUT2D eigenvalue weighted by molar-refractivity contribution is 5.85. The summed E-state index contributed by atoms with van der Waals surface area (Å²) in [6, 6.07) is 5.74. The molecule has 0 bridgehead atoms. The average Bonchev–Trinajstić information content (AvgIpc) is 3.33. The van der Waals surface area contributed by atoms with Crippen LogP contribution in [0.2, 0.25) is 0 Å². The molecule has 4 heterocycles. The van der Waals surface area contributed by atoms with Crippen molar-refractivity contribution in [3.8, 4) is 28.6 Å². The zero-order valence-corrected chi connectivity index (χ0v) is 16.0. The second kappa shape index (κ2) is 7.67. The summed E-state index contributed by atoms with van der Waals surface area (Å²) in [5.41, 5.74) is 3.32. The Hall–Kier alpha value is -3.80. The molecule has 4 aromatic heterocycles. The van der Waals surface area contributed by atoms with Gasteiger partial charge < -0.3 is 10.3 Å². The number of nitrogens with one attached hydrogen (secondary N) is 2. The van der Waals surface area contributed by atoms with E-state index in [1.54, 1.807) is 24.5 Å². The first-order valence-electron chi connectivity index (χ1n) is 9.23. The molecule has 8 nitrogen and oxygen atoms in total. The van der Waals surface area contributed by atoms with E-state index in [1.807, 2.05) is 24.7 Å². The Morgan fingerprint density at radius 3 is 3.00 bits per heavy atom. The number of hydrogen-bond acceptors (Lipinski definition) is 6. The second-order valence-electron chi connectivity index (χ2n) is 6.82. The van der Waals surface area contributed by atoms with E-state index < -0.39 is 0 Å². The van der Waals surface area contributed by atoms with Crippen LogP contribution in [0.3, 0.4) is 0 Å². The van der Waals surface area contributed by atoms with Crippen LogP contribution in [0.25, 0.3) is 33.5 Å². The Morgan fingerprint density at radius 1 is 1.34 bits per heavy atom. The summed E-state index contributed by atoms with van der Waals surface area (Å²) < 4.78 is 15.9. The summed E-state index contributed by atoms with van der Waals surface area (Å²) in [7, 11) is 0. The van der Waals surface area contributed by atoms with Gasteiger partial charge in [-0.3, -0.25) is 4.68 Å². The van der Waals surface area contributed by atoms with Gasteiger partial charge in [0.05, 0.1) is 23.6 Å². The highest BCUT2D eigenvalue weighted by Crippen LogP contribution is 2.32. The first-order chi connectivity index (χ1) is 14.1. The number of H-pyrrole nitrogens is 1. The number of aromatic amines is 1. The number of rotatable bonds is 6. The number of nitriles is 1. The van der Waals surface area contributed by atoms with Gasteiger partial charge in [-0.2, -0.15) is 10.4 Å². The van der Waals surface area contributed by atoms with Gasteiger partial charge in [-0.1, -0.05) is 0 Å². The standard InChI is InChI=1S/C20H19FN8/c1-12(2)29-11-15(17-4-7-24-20(27-17)23-6-3-5-22)18(28-29)13-8-14-16(21)10-26-19(14)25-9-13/h4,7-12H,3,6H2,1-2H3,(H,25,26)(H,23,24,27). The van der Waals surface area contributed by atoms with Crippen LogP contribution >= 0.6 is 0 Å². The number of fused-ring (bicyclic) bond motifs is 1.